The van der Waals surface area contributed by atoms with E-state index in [0.29, 0.717) is 5.25 Å². The molecule has 16 heavy (non-hydrogen) atoms. The highest BCUT2D eigenvalue weighted by Crippen LogP contribution is 2.27. The molecule has 0 spiro atoms. The summed E-state index contributed by atoms with van der Waals surface area (Å²) in [6.07, 6.45) is 6.03. The zero-order valence-electron chi connectivity index (χ0n) is 9.64. The predicted octanol–water partition coefficient (Wildman–Crippen LogP) is 1.49. The summed E-state index contributed by atoms with van der Waals surface area (Å²) < 4.78 is 26.0. The molecule has 0 amide bonds. The van der Waals surface area contributed by atoms with Crippen molar-refractivity contribution in [1.82, 2.24) is 4.72 Å². The highest BCUT2D eigenvalue weighted by molar-refractivity contribution is 7.99. The average molecular weight is 262 g/mol. The molecule has 0 heterocycles. The molecule has 0 radical (unpaired) electrons. The molecule has 0 aromatic heterocycles. The molecule has 4 nitrogen and oxygen atoms in total. The lowest BCUT2D eigenvalue weighted by Gasteiger charge is -2.28. The molecular formula is C10H18N2O2S2. The maximum absolute atomic E-state index is 11.7. The Hall–Kier alpha value is -0.250. The Morgan fingerprint density at radius 2 is 2.19 bits per heavy atom. The first-order valence-corrected chi connectivity index (χ1v) is 8.26. The summed E-state index contributed by atoms with van der Waals surface area (Å²) >= 11 is 1.79. The Morgan fingerprint density at radius 3 is 2.75 bits per heavy atom. The molecule has 1 saturated carbocycles. The van der Waals surface area contributed by atoms with Gasteiger partial charge in [0.05, 0.1) is 6.07 Å². The largest absolute Gasteiger partial charge is 0.227 e. The van der Waals surface area contributed by atoms with Crippen LogP contribution in [0.1, 0.15) is 32.6 Å². The van der Waals surface area contributed by atoms with Gasteiger partial charge in [-0.15, -0.1) is 0 Å². The molecule has 92 valence electrons. The van der Waals surface area contributed by atoms with Gasteiger partial charge in [0, 0.05) is 11.3 Å². The van der Waals surface area contributed by atoms with Crippen LogP contribution in [0, 0.1) is 11.3 Å². The monoisotopic (exact) mass is 262 g/mol. The topological polar surface area (TPSA) is 70.0 Å². The van der Waals surface area contributed by atoms with E-state index in [1.807, 2.05) is 0 Å². The highest BCUT2D eigenvalue weighted by atomic mass is 32.2. The van der Waals surface area contributed by atoms with Crippen LogP contribution in [0.25, 0.3) is 0 Å². The van der Waals surface area contributed by atoms with Gasteiger partial charge in [0.2, 0.25) is 10.0 Å². The molecule has 3 unspecified atom stereocenters. The molecule has 0 aromatic carbocycles. The van der Waals surface area contributed by atoms with Crippen molar-refractivity contribution in [2.75, 3.05) is 6.26 Å². The Kier molecular flexibility index (Phi) is 5.09. The normalized spacial score (nSPS) is 28.3. The first-order chi connectivity index (χ1) is 7.49. The van der Waals surface area contributed by atoms with Gasteiger partial charge < -0.3 is 0 Å². The summed E-state index contributed by atoms with van der Waals surface area (Å²) in [5, 5.41) is 8.20. The number of nitriles is 1. The van der Waals surface area contributed by atoms with Gasteiger partial charge in [-0.1, -0.05) is 6.42 Å². The minimum atomic E-state index is -3.46. The Balaban J connectivity index is 2.58. The van der Waals surface area contributed by atoms with Crippen LogP contribution in [-0.4, -0.2) is 31.2 Å². The first kappa shape index (κ1) is 13.8. The SMILES string of the molecule is CSC1CCCC(NS(=O)(=O)C(C)C#N)C1. The van der Waals surface area contributed by atoms with Crippen LogP contribution in [0.3, 0.4) is 0 Å². The molecule has 1 N–H and O–H groups in total. The summed E-state index contributed by atoms with van der Waals surface area (Å²) in [5.74, 6) is 0. The van der Waals surface area contributed by atoms with Crippen molar-refractivity contribution < 1.29 is 8.42 Å². The van der Waals surface area contributed by atoms with Crippen LogP contribution >= 0.6 is 11.8 Å². The van der Waals surface area contributed by atoms with Gasteiger partial charge in [-0.2, -0.15) is 17.0 Å². The molecule has 0 aromatic rings. The molecule has 0 bridgehead atoms. The van der Waals surface area contributed by atoms with Crippen LogP contribution in [0.15, 0.2) is 0 Å². The second-order valence-corrected chi connectivity index (χ2v) is 7.33. The van der Waals surface area contributed by atoms with E-state index in [1.165, 1.54) is 6.92 Å². The number of hydrogen-bond donors (Lipinski definition) is 1. The van der Waals surface area contributed by atoms with E-state index >= 15 is 0 Å². The van der Waals surface area contributed by atoms with Crippen molar-refractivity contribution in [3.8, 4) is 6.07 Å². The number of rotatable bonds is 4. The van der Waals surface area contributed by atoms with E-state index in [1.54, 1.807) is 17.8 Å². The fraction of sp³-hybridized carbons (Fsp3) is 0.900. The van der Waals surface area contributed by atoms with Crippen LogP contribution < -0.4 is 4.72 Å². The van der Waals surface area contributed by atoms with E-state index in [0.717, 1.165) is 25.7 Å². The van der Waals surface area contributed by atoms with E-state index in [-0.39, 0.29) is 6.04 Å². The van der Waals surface area contributed by atoms with Crippen molar-refractivity contribution in [1.29, 1.82) is 5.26 Å². The standard InChI is InChI=1S/C10H18N2O2S2/c1-8(7-11)16(13,14)12-9-4-3-5-10(6-9)15-2/h8-10,12H,3-6H2,1-2H3. The molecule has 1 aliphatic rings. The van der Waals surface area contributed by atoms with E-state index in [2.05, 4.69) is 11.0 Å². The number of hydrogen-bond acceptors (Lipinski definition) is 4. The summed E-state index contributed by atoms with van der Waals surface area (Å²) in [7, 11) is -3.46. The van der Waals surface area contributed by atoms with E-state index in [4.69, 9.17) is 5.26 Å². The summed E-state index contributed by atoms with van der Waals surface area (Å²) in [5.41, 5.74) is 0. The second kappa shape index (κ2) is 5.89. The quantitative estimate of drug-likeness (QED) is 0.833. The van der Waals surface area contributed by atoms with Crippen molar-refractivity contribution in [3.63, 3.8) is 0 Å². The predicted molar refractivity (Wildman–Crippen MR) is 66.7 cm³/mol. The molecule has 1 aliphatic carbocycles. The van der Waals surface area contributed by atoms with Crippen LogP contribution in [-0.2, 0) is 10.0 Å². The third kappa shape index (κ3) is 3.65. The lowest BCUT2D eigenvalue weighted by molar-refractivity contribution is 0.420. The Bertz CT molecular complexity index is 362. The fourth-order valence-electron chi connectivity index (χ4n) is 1.87. The number of sulfonamides is 1. The maximum Gasteiger partial charge on any atom is 0.227 e. The van der Waals surface area contributed by atoms with Crippen LogP contribution in [0.5, 0.6) is 0 Å². The van der Waals surface area contributed by atoms with Crippen molar-refractivity contribution in [2.24, 2.45) is 0 Å². The minimum Gasteiger partial charge on any atom is -0.211 e. The molecule has 0 saturated heterocycles. The molecule has 0 aliphatic heterocycles. The maximum atomic E-state index is 11.7. The van der Waals surface area contributed by atoms with Crippen molar-refractivity contribution >= 4 is 21.8 Å². The smallest absolute Gasteiger partial charge is 0.211 e. The van der Waals surface area contributed by atoms with Crippen molar-refractivity contribution in [2.45, 2.75) is 49.1 Å². The molecule has 6 heteroatoms. The number of nitrogens with one attached hydrogen (secondary N) is 1. The average Bonchev–Trinajstić information content (AvgIpc) is 2.27. The fourth-order valence-corrected chi connectivity index (χ4v) is 3.72. The molecule has 1 rings (SSSR count). The molecular weight excluding hydrogens is 244 g/mol. The number of nitrogens with zero attached hydrogens (tertiary/aromatic N) is 1. The van der Waals surface area contributed by atoms with Crippen LogP contribution in [0.2, 0.25) is 0 Å². The third-order valence-corrected chi connectivity index (χ3v) is 5.73. The van der Waals surface area contributed by atoms with Gasteiger partial charge >= 0.3 is 0 Å². The van der Waals surface area contributed by atoms with Gasteiger partial charge in [-0.05, 0) is 32.4 Å². The Labute approximate surface area is 102 Å². The molecule has 1 fully saturated rings. The summed E-state index contributed by atoms with van der Waals surface area (Å²) in [6, 6.07) is 1.77. The Morgan fingerprint density at radius 1 is 1.50 bits per heavy atom. The van der Waals surface area contributed by atoms with Gasteiger partial charge in [0.1, 0.15) is 0 Å². The zero-order valence-corrected chi connectivity index (χ0v) is 11.3. The van der Waals surface area contributed by atoms with Gasteiger partial charge in [-0.25, -0.2) is 13.1 Å². The number of thioether (sulfide) groups is 1. The second-order valence-electron chi connectivity index (χ2n) is 4.16. The lowest BCUT2D eigenvalue weighted by Crippen LogP contribution is -2.42. The summed E-state index contributed by atoms with van der Waals surface area (Å²) in [4.78, 5) is 0. The van der Waals surface area contributed by atoms with Crippen LogP contribution in [0.4, 0.5) is 0 Å². The lowest BCUT2D eigenvalue weighted by atomic mass is 9.96. The first-order valence-electron chi connectivity index (χ1n) is 5.43. The van der Waals surface area contributed by atoms with Gasteiger partial charge in [-0.3, -0.25) is 0 Å². The minimum absolute atomic E-state index is 0.00648. The third-order valence-electron chi connectivity index (χ3n) is 2.94. The van der Waals surface area contributed by atoms with Gasteiger partial charge in [0.25, 0.3) is 0 Å². The van der Waals surface area contributed by atoms with E-state index < -0.39 is 15.3 Å². The summed E-state index contributed by atoms with van der Waals surface area (Å²) in [6.45, 7) is 1.41. The zero-order chi connectivity index (χ0) is 12.2. The van der Waals surface area contributed by atoms with Gasteiger partial charge in [0.15, 0.2) is 5.25 Å². The van der Waals surface area contributed by atoms with E-state index in [9.17, 15) is 8.42 Å². The van der Waals surface area contributed by atoms with Crippen molar-refractivity contribution in [3.05, 3.63) is 0 Å². The highest BCUT2D eigenvalue weighted by Gasteiger charge is 2.28. The molecule has 3 atom stereocenters.